The van der Waals surface area contributed by atoms with Crippen LogP contribution in [-0.4, -0.2) is 42.6 Å². The number of ether oxygens (including phenoxy) is 1. The quantitative estimate of drug-likeness (QED) is 0.831. The van der Waals surface area contributed by atoms with E-state index in [2.05, 4.69) is 0 Å². The molecule has 0 fully saturated rings. The molecule has 1 aromatic rings. The molecular weight excluding hydrogens is 222 g/mol. The first-order valence-corrected chi connectivity index (χ1v) is 5.24. The molecule has 1 amide bonds. The van der Waals surface area contributed by atoms with E-state index in [-0.39, 0.29) is 11.5 Å². The van der Waals surface area contributed by atoms with Gasteiger partial charge < -0.3 is 14.7 Å². The summed E-state index contributed by atoms with van der Waals surface area (Å²) >= 11 is 0. The minimum Gasteiger partial charge on any atom is -0.497 e. The predicted octanol–water partition coefficient (Wildman–Crippen LogP) is 1.02. The van der Waals surface area contributed by atoms with Crippen LogP contribution in [0.2, 0.25) is 0 Å². The second-order valence-electron chi connectivity index (χ2n) is 3.98. The van der Waals surface area contributed by atoms with Crippen LogP contribution in [-0.2, 0) is 6.42 Å². The fourth-order valence-corrected chi connectivity index (χ4v) is 2.00. The highest BCUT2D eigenvalue weighted by Crippen LogP contribution is 2.27. The molecule has 1 N–H and O–H groups in total. The number of aromatic carboxylic acids is 1. The molecule has 5 heteroatoms. The maximum Gasteiger partial charge on any atom is 0.336 e. The van der Waals surface area contributed by atoms with E-state index in [1.807, 2.05) is 0 Å². The number of hydrogen-bond donors (Lipinski definition) is 1. The van der Waals surface area contributed by atoms with Gasteiger partial charge in [0.1, 0.15) is 5.75 Å². The van der Waals surface area contributed by atoms with Crippen molar-refractivity contribution >= 4 is 11.9 Å². The molecule has 90 valence electrons. The van der Waals surface area contributed by atoms with Gasteiger partial charge in [0, 0.05) is 19.2 Å². The number of fused-ring (bicyclic) bond motifs is 1. The second kappa shape index (κ2) is 4.08. The summed E-state index contributed by atoms with van der Waals surface area (Å²) in [6.07, 6.45) is 0.559. The first-order valence-electron chi connectivity index (χ1n) is 5.24. The van der Waals surface area contributed by atoms with E-state index < -0.39 is 5.97 Å². The maximum atomic E-state index is 11.9. The number of rotatable bonds is 2. The van der Waals surface area contributed by atoms with Gasteiger partial charge >= 0.3 is 5.97 Å². The van der Waals surface area contributed by atoms with Crippen LogP contribution in [0.25, 0.3) is 0 Å². The van der Waals surface area contributed by atoms with Gasteiger partial charge in [0.2, 0.25) is 0 Å². The summed E-state index contributed by atoms with van der Waals surface area (Å²) in [5, 5.41) is 9.13. The molecule has 0 spiro atoms. The third kappa shape index (κ3) is 1.84. The number of benzene rings is 1. The first kappa shape index (κ1) is 11.4. The van der Waals surface area contributed by atoms with Gasteiger partial charge in [-0.25, -0.2) is 4.79 Å². The molecule has 1 heterocycles. The van der Waals surface area contributed by atoms with Gasteiger partial charge in [0.05, 0.1) is 12.7 Å². The molecule has 17 heavy (non-hydrogen) atoms. The van der Waals surface area contributed by atoms with Crippen LogP contribution >= 0.6 is 0 Å². The zero-order valence-electron chi connectivity index (χ0n) is 9.69. The Balaban J connectivity index is 2.64. The molecule has 0 aromatic heterocycles. The van der Waals surface area contributed by atoms with Crippen molar-refractivity contribution in [1.29, 1.82) is 0 Å². The third-order valence-electron chi connectivity index (χ3n) is 2.96. The second-order valence-corrected chi connectivity index (χ2v) is 3.98. The minimum atomic E-state index is -1.03. The van der Waals surface area contributed by atoms with Crippen LogP contribution in [0.4, 0.5) is 0 Å². The van der Waals surface area contributed by atoms with Crippen molar-refractivity contribution in [3.05, 3.63) is 28.8 Å². The van der Waals surface area contributed by atoms with Crippen LogP contribution in [0, 0.1) is 0 Å². The van der Waals surface area contributed by atoms with Crippen LogP contribution in [0.3, 0.4) is 0 Å². The highest BCUT2D eigenvalue weighted by atomic mass is 16.5. The molecule has 0 saturated heterocycles. The Hall–Kier alpha value is -2.04. The number of carbonyl (C=O) groups excluding carboxylic acids is 1. The topological polar surface area (TPSA) is 66.8 Å². The van der Waals surface area contributed by atoms with Gasteiger partial charge in [0.25, 0.3) is 5.91 Å². The highest BCUT2D eigenvalue weighted by Gasteiger charge is 2.26. The predicted molar refractivity (Wildman–Crippen MR) is 60.6 cm³/mol. The van der Waals surface area contributed by atoms with Crippen molar-refractivity contribution in [3.63, 3.8) is 0 Å². The van der Waals surface area contributed by atoms with Crippen LogP contribution in [0.5, 0.6) is 5.75 Å². The molecule has 0 radical (unpaired) electrons. The summed E-state index contributed by atoms with van der Waals surface area (Å²) in [7, 11) is 3.15. The van der Waals surface area contributed by atoms with Crippen molar-refractivity contribution < 1.29 is 19.4 Å². The van der Waals surface area contributed by atoms with Crippen molar-refractivity contribution in [1.82, 2.24) is 4.90 Å². The van der Waals surface area contributed by atoms with Gasteiger partial charge in [0.15, 0.2) is 0 Å². The van der Waals surface area contributed by atoms with E-state index in [9.17, 15) is 9.59 Å². The molecular formula is C12H13NO4. The summed E-state index contributed by atoms with van der Waals surface area (Å²) in [6, 6.07) is 3.06. The Morgan fingerprint density at radius 2 is 2.18 bits per heavy atom. The summed E-state index contributed by atoms with van der Waals surface area (Å²) in [4.78, 5) is 24.7. The van der Waals surface area contributed by atoms with Crippen molar-refractivity contribution in [3.8, 4) is 5.75 Å². The lowest BCUT2D eigenvalue weighted by molar-refractivity contribution is 0.0694. The summed E-state index contributed by atoms with van der Waals surface area (Å²) < 4.78 is 5.02. The van der Waals surface area contributed by atoms with Crippen molar-refractivity contribution in [2.75, 3.05) is 20.7 Å². The minimum absolute atomic E-state index is 0.154. The van der Waals surface area contributed by atoms with E-state index in [0.29, 0.717) is 29.8 Å². The number of likely N-dealkylation sites (N-methyl/N-ethyl adjacent to an activating group) is 1. The summed E-state index contributed by atoms with van der Waals surface area (Å²) in [5.74, 6) is -0.796. The Morgan fingerprint density at radius 1 is 1.47 bits per heavy atom. The summed E-state index contributed by atoms with van der Waals surface area (Å²) in [5.41, 5.74) is 1.18. The number of nitrogens with zero attached hydrogens (tertiary/aromatic N) is 1. The molecule has 1 aliphatic rings. The lowest BCUT2D eigenvalue weighted by atomic mass is 9.93. The molecule has 1 aromatic carbocycles. The van der Waals surface area contributed by atoms with E-state index in [1.165, 1.54) is 13.2 Å². The van der Waals surface area contributed by atoms with Gasteiger partial charge in [-0.3, -0.25) is 4.79 Å². The highest BCUT2D eigenvalue weighted by molar-refractivity contribution is 6.01. The fourth-order valence-electron chi connectivity index (χ4n) is 2.00. The van der Waals surface area contributed by atoms with E-state index >= 15 is 0 Å². The van der Waals surface area contributed by atoms with Gasteiger partial charge in [-0.15, -0.1) is 0 Å². The van der Waals surface area contributed by atoms with Gasteiger partial charge in [-0.1, -0.05) is 0 Å². The molecule has 0 aliphatic carbocycles. The molecule has 0 unspecified atom stereocenters. The third-order valence-corrected chi connectivity index (χ3v) is 2.96. The van der Waals surface area contributed by atoms with E-state index in [0.717, 1.165) is 0 Å². The van der Waals surface area contributed by atoms with Gasteiger partial charge in [-0.2, -0.15) is 0 Å². The largest absolute Gasteiger partial charge is 0.497 e. The number of carboxylic acid groups (broad SMARTS) is 1. The fraction of sp³-hybridized carbons (Fsp3) is 0.333. The van der Waals surface area contributed by atoms with Gasteiger partial charge in [-0.05, 0) is 24.1 Å². The number of hydrogen-bond acceptors (Lipinski definition) is 3. The molecule has 0 saturated carbocycles. The zero-order chi connectivity index (χ0) is 12.6. The lowest BCUT2D eigenvalue weighted by Gasteiger charge is -2.26. The molecule has 5 nitrogen and oxygen atoms in total. The Bertz CT molecular complexity index is 496. The van der Waals surface area contributed by atoms with Crippen LogP contribution in [0.1, 0.15) is 26.3 Å². The van der Waals surface area contributed by atoms with Crippen molar-refractivity contribution in [2.24, 2.45) is 0 Å². The maximum absolute atomic E-state index is 11.9. The number of carboxylic acids is 1. The SMILES string of the molecule is COc1cc(C(=O)O)c2c(c1)C(=O)N(C)CC2. The Labute approximate surface area is 98.6 Å². The average molecular weight is 235 g/mol. The average Bonchev–Trinajstić information content (AvgIpc) is 2.32. The van der Waals surface area contributed by atoms with Crippen LogP contribution < -0.4 is 4.74 Å². The van der Waals surface area contributed by atoms with E-state index in [1.54, 1.807) is 18.0 Å². The number of methoxy groups -OCH3 is 1. The zero-order valence-corrected chi connectivity index (χ0v) is 9.69. The smallest absolute Gasteiger partial charge is 0.336 e. The molecule has 0 bridgehead atoms. The first-order chi connectivity index (χ1) is 8.04. The molecule has 2 rings (SSSR count). The van der Waals surface area contributed by atoms with E-state index in [4.69, 9.17) is 9.84 Å². The van der Waals surface area contributed by atoms with Crippen LogP contribution in [0.15, 0.2) is 12.1 Å². The molecule has 1 aliphatic heterocycles. The van der Waals surface area contributed by atoms with Crippen molar-refractivity contribution in [2.45, 2.75) is 6.42 Å². The summed E-state index contributed by atoms with van der Waals surface area (Å²) in [6.45, 7) is 0.540. The standard InChI is InChI=1S/C12H13NO4/c1-13-4-3-8-9(11(13)14)5-7(17-2)6-10(8)12(15)16/h5-6H,3-4H2,1-2H3,(H,15,16). The molecule has 0 atom stereocenters. The Kier molecular flexibility index (Phi) is 2.75. The number of carbonyl (C=O) groups is 2. The Morgan fingerprint density at radius 3 is 2.76 bits per heavy atom. The number of amides is 1. The lowest BCUT2D eigenvalue weighted by Crippen LogP contribution is -2.35. The normalized spacial score (nSPS) is 14.5. The monoisotopic (exact) mass is 235 g/mol.